The summed E-state index contributed by atoms with van der Waals surface area (Å²) in [5.74, 6) is 3.20. The molecule has 0 atom stereocenters. The number of rotatable bonds is 3. The monoisotopic (exact) mass is 305 g/mol. The number of nitriles is 1. The molecule has 21 heavy (non-hydrogen) atoms. The average molecular weight is 306 g/mol. The molecular weight excluding hydrogens is 297 g/mol. The van der Waals surface area contributed by atoms with Crippen LogP contribution in [-0.4, -0.2) is 10.9 Å². The normalized spacial score (nSPS) is 9.81. The lowest BCUT2D eigenvalue weighted by Crippen LogP contribution is -2.18. The number of halogens is 2. The van der Waals surface area contributed by atoms with Gasteiger partial charge in [-0.25, -0.2) is 15.2 Å². The van der Waals surface area contributed by atoms with E-state index >= 15 is 0 Å². The molecule has 0 radical (unpaired) electrons. The fraction of sp³-hybridized carbons (Fsp3) is 0. The molecule has 1 aromatic carbocycles. The first-order chi connectivity index (χ1) is 10.1. The Kier molecular flexibility index (Phi) is 4.33. The molecule has 0 bridgehead atoms. The number of amides is 1. The molecule has 1 aromatic heterocycles. The van der Waals surface area contributed by atoms with Crippen LogP contribution in [-0.2, 0) is 0 Å². The number of nitrogens with two attached hydrogens (primary N) is 1. The maximum absolute atomic E-state index is 13.9. The van der Waals surface area contributed by atoms with Crippen LogP contribution in [0.3, 0.4) is 0 Å². The minimum absolute atomic E-state index is 0.188. The predicted octanol–water partition coefficient (Wildman–Crippen LogP) is 2.28. The number of benzene rings is 1. The summed E-state index contributed by atoms with van der Waals surface area (Å²) in [6, 6.07) is 7.47. The predicted molar refractivity (Wildman–Crippen MR) is 76.1 cm³/mol. The molecule has 0 aliphatic carbocycles. The van der Waals surface area contributed by atoms with E-state index in [1.807, 2.05) is 11.5 Å². The van der Waals surface area contributed by atoms with Crippen molar-refractivity contribution in [1.29, 1.82) is 5.26 Å². The summed E-state index contributed by atoms with van der Waals surface area (Å²) in [7, 11) is 0. The van der Waals surface area contributed by atoms with Crippen LogP contribution in [0.4, 0.5) is 15.9 Å². The number of hydrogen-bond acceptors (Lipinski definition) is 5. The van der Waals surface area contributed by atoms with Crippen molar-refractivity contribution in [3.05, 3.63) is 52.4 Å². The third kappa shape index (κ3) is 3.08. The summed E-state index contributed by atoms with van der Waals surface area (Å²) in [5, 5.41) is 11.7. The smallest absolute Gasteiger partial charge is 0.258 e. The fourth-order valence-corrected chi connectivity index (χ4v) is 1.80. The van der Waals surface area contributed by atoms with E-state index in [-0.39, 0.29) is 22.6 Å². The summed E-state index contributed by atoms with van der Waals surface area (Å²) >= 11 is 5.81. The van der Waals surface area contributed by atoms with E-state index in [2.05, 4.69) is 10.3 Å². The van der Waals surface area contributed by atoms with Gasteiger partial charge in [0, 0.05) is 11.2 Å². The van der Waals surface area contributed by atoms with Crippen LogP contribution in [0, 0.1) is 17.1 Å². The van der Waals surface area contributed by atoms with Crippen LogP contribution in [0.25, 0.3) is 0 Å². The van der Waals surface area contributed by atoms with Gasteiger partial charge in [0.25, 0.3) is 5.91 Å². The molecule has 0 aliphatic rings. The zero-order valence-electron chi connectivity index (χ0n) is 10.5. The first kappa shape index (κ1) is 14.7. The number of nitrogens with zero attached hydrogens (tertiary/aromatic N) is 2. The van der Waals surface area contributed by atoms with Crippen molar-refractivity contribution in [1.82, 2.24) is 4.98 Å². The Bertz CT molecular complexity index is 744. The Morgan fingerprint density at radius 1 is 1.43 bits per heavy atom. The number of aromatic nitrogens is 1. The van der Waals surface area contributed by atoms with Crippen molar-refractivity contribution in [2.24, 2.45) is 5.84 Å². The van der Waals surface area contributed by atoms with Gasteiger partial charge in [-0.3, -0.25) is 4.79 Å². The van der Waals surface area contributed by atoms with E-state index in [0.717, 1.165) is 0 Å². The third-order valence-corrected chi connectivity index (χ3v) is 2.86. The second-order valence-electron chi connectivity index (χ2n) is 3.92. The number of carbonyl (C=O) groups excluding carboxylic acids is 1. The summed E-state index contributed by atoms with van der Waals surface area (Å²) in [5.41, 5.74) is 2.18. The van der Waals surface area contributed by atoms with Crippen LogP contribution < -0.4 is 16.6 Å². The van der Waals surface area contributed by atoms with Gasteiger partial charge in [-0.05, 0) is 24.3 Å². The van der Waals surface area contributed by atoms with E-state index < -0.39 is 11.7 Å². The number of hydrazine groups is 1. The molecular formula is C13H9ClFN5O. The van der Waals surface area contributed by atoms with Crippen molar-refractivity contribution in [3.63, 3.8) is 0 Å². The molecule has 2 rings (SSSR count). The highest BCUT2D eigenvalue weighted by atomic mass is 35.5. The highest BCUT2D eigenvalue weighted by Crippen LogP contribution is 2.22. The van der Waals surface area contributed by atoms with Gasteiger partial charge in [0.15, 0.2) is 11.6 Å². The highest BCUT2D eigenvalue weighted by molar-refractivity contribution is 6.31. The number of nitrogen functional groups attached to an aromatic ring is 1. The van der Waals surface area contributed by atoms with E-state index in [9.17, 15) is 9.18 Å². The van der Waals surface area contributed by atoms with E-state index in [1.54, 1.807) is 0 Å². The number of nitrogens with one attached hydrogen (secondary N) is 2. The first-order valence-electron chi connectivity index (χ1n) is 5.69. The van der Waals surface area contributed by atoms with E-state index in [1.165, 1.54) is 30.5 Å². The lowest BCUT2D eigenvalue weighted by atomic mass is 10.1. The van der Waals surface area contributed by atoms with Crippen LogP contribution in [0.1, 0.15) is 15.9 Å². The van der Waals surface area contributed by atoms with Gasteiger partial charge in [0.1, 0.15) is 6.07 Å². The second-order valence-corrected chi connectivity index (χ2v) is 4.36. The fourth-order valence-electron chi connectivity index (χ4n) is 1.63. The molecule has 106 valence electrons. The summed E-state index contributed by atoms with van der Waals surface area (Å²) in [6.07, 6.45) is 1.23. The van der Waals surface area contributed by atoms with Gasteiger partial charge < -0.3 is 10.7 Å². The SMILES string of the molecule is N#Cc1ccc(Cl)cc1NC(=O)c1ccnc(NN)c1F. The Morgan fingerprint density at radius 2 is 2.19 bits per heavy atom. The number of pyridine rings is 1. The van der Waals surface area contributed by atoms with Gasteiger partial charge >= 0.3 is 0 Å². The lowest BCUT2D eigenvalue weighted by molar-refractivity contribution is 0.102. The molecule has 0 saturated heterocycles. The minimum atomic E-state index is -0.891. The highest BCUT2D eigenvalue weighted by Gasteiger charge is 2.17. The second kappa shape index (κ2) is 6.17. The Balaban J connectivity index is 2.35. The van der Waals surface area contributed by atoms with Crippen LogP contribution in [0.15, 0.2) is 30.5 Å². The third-order valence-electron chi connectivity index (χ3n) is 2.62. The molecule has 0 saturated carbocycles. The molecule has 0 fully saturated rings. The van der Waals surface area contributed by atoms with Gasteiger partial charge in [-0.1, -0.05) is 11.6 Å². The quantitative estimate of drug-likeness (QED) is 0.596. The average Bonchev–Trinajstić information content (AvgIpc) is 2.47. The van der Waals surface area contributed by atoms with Gasteiger partial charge in [0.05, 0.1) is 16.8 Å². The van der Waals surface area contributed by atoms with Crippen LogP contribution in [0.2, 0.25) is 5.02 Å². The standard InChI is InChI=1S/C13H9ClFN5O/c14-8-2-1-7(6-16)10(5-8)19-13(21)9-3-4-18-12(20-17)11(9)15/h1-5H,17H2,(H,18,20)(H,19,21). The van der Waals surface area contributed by atoms with Crippen LogP contribution in [0.5, 0.6) is 0 Å². The van der Waals surface area contributed by atoms with Gasteiger partial charge in [0.2, 0.25) is 0 Å². The molecule has 0 spiro atoms. The van der Waals surface area contributed by atoms with E-state index in [4.69, 9.17) is 22.7 Å². The molecule has 8 heteroatoms. The van der Waals surface area contributed by atoms with Crippen molar-refractivity contribution < 1.29 is 9.18 Å². The van der Waals surface area contributed by atoms with Crippen molar-refractivity contribution in [2.45, 2.75) is 0 Å². The molecule has 4 N–H and O–H groups in total. The Hall–Kier alpha value is -2.69. The molecule has 1 heterocycles. The summed E-state index contributed by atoms with van der Waals surface area (Å²) in [6.45, 7) is 0. The molecule has 0 unspecified atom stereocenters. The zero-order chi connectivity index (χ0) is 15.4. The zero-order valence-corrected chi connectivity index (χ0v) is 11.3. The van der Waals surface area contributed by atoms with Gasteiger partial charge in [-0.15, -0.1) is 0 Å². The maximum atomic E-state index is 13.9. The molecule has 0 aliphatic heterocycles. The topological polar surface area (TPSA) is 104 Å². The van der Waals surface area contributed by atoms with Crippen molar-refractivity contribution in [3.8, 4) is 6.07 Å². The molecule has 6 nitrogen and oxygen atoms in total. The maximum Gasteiger partial charge on any atom is 0.258 e. The van der Waals surface area contributed by atoms with Gasteiger partial charge in [-0.2, -0.15) is 5.26 Å². The lowest BCUT2D eigenvalue weighted by Gasteiger charge is -2.09. The van der Waals surface area contributed by atoms with E-state index in [0.29, 0.717) is 5.02 Å². The molecule has 1 amide bonds. The van der Waals surface area contributed by atoms with Crippen molar-refractivity contribution >= 4 is 29.0 Å². The van der Waals surface area contributed by atoms with Crippen LogP contribution >= 0.6 is 11.6 Å². The first-order valence-corrected chi connectivity index (χ1v) is 6.06. The number of hydrogen-bond donors (Lipinski definition) is 3. The Labute approximate surface area is 124 Å². The number of carbonyl (C=O) groups is 1. The number of anilines is 2. The largest absolute Gasteiger partial charge is 0.321 e. The van der Waals surface area contributed by atoms with Crippen molar-refractivity contribution in [2.75, 3.05) is 10.7 Å². The molecule has 2 aromatic rings. The summed E-state index contributed by atoms with van der Waals surface area (Å²) in [4.78, 5) is 15.7. The Morgan fingerprint density at radius 3 is 2.86 bits per heavy atom. The minimum Gasteiger partial charge on any atom is -0.321 e. The summed E-state index contributed by atoms with van der Waals surface area (Å²) < 4.78 is 13.9.